The highest BCUT2D eigenvalue weighted by Gasteiger charge is 2.47. The van der Waals surface area contributed by atoms with Crippen molar-refractivity contribution in [3.05, 3.63) is 195 Å². The van der Waals surface area contributed by atoms with Crippen LogP contribution in [-0.2, 0) is 60.7 Å². The summed E-state index contributed by atoms with van der Waals surface area (Å²) in [4.78, 5) is 12.4. The third-order valence-corrected chi connectivity index (χ3v) is 12.1. The van der Waals surface area contributed by atoms with E-state index in [1.165, 1.54) is 0 Å². The van der Waals surface area contributed by atoms with Crippen LogP contribution in [-0.4, -0.2) is 18.1 Å². The minimum Gasteiger partial charge on any atom is -0.447 e. The lowest BCUT2D eigenvalue weighted by atomic mass is 9.12. The minimum absolute atomic E-state index is 0.0629. The van der Waals surface area contributed by atoms with Gasteiger partial charge in [-0.3, -0.25) is 0 Å². The Hall–Kier alpha value is -7.07. The van der Waals surface area contributed by atoms with E-state index >= 15 is 0 Å². The Labute approximate surface area is 433 Å². The largest absolute Gasteiger partial charge is 0.447 e. The fourth-order valence-corrected chi connectivity index (χ4v) is 8.71. The van der Waals surface area contributed by atoms with Crippen LogP contribution in [0.3, 0.4) is 0 Å². The molecule has 79 heavy (non-hydrogen) atoms. The average Bonchev–Trinajstić information content (AvgIpc) is 3.46. The van der Waals surface area contributed by atoms with Gasteiger partial charge >= 0.3 is 55.4 Å². The van der Waals surface area contributed by atoms with E-state index in [9.17, 15) is 110 Å². The number of pyridine rings is 1. The Bertz CT molecular complexity index is 2920. The molecular formula is C50H28BF24NO2S. The number of benzene rings is 6. The molecule has 0 saturated heterocycles. The lowest BCUT2D eigenvalue weighted by molar-refractivity contribution is -0.689. The summed E-state index contributed by atoms with van der Waals surface area (Å²) in [6, 6.07) is 11.0. The first-order valence-corrected chi connectivity index (χ1v) is 22.3. The first kappa shape index (κ1) is 61.2. The Morgan fingerprint density at radius 2 is 0.671 bits per heavy atom. The summed E-state index contributed by atoms with van der Waals surface area (Å²) in [7, 11) is 0. The van der Waals surface area contributed by atoms with Gasteiger partial charge in [-0.2, -0.15) is 132 Å². The summed E-state index contributed by atoms with van der Waals surface area (Å²) < 4.78 is 348. The lowest BCUT2D eigenvalue weighted by Gasteiger charge is -2.46. The van der Waals surface area contributed by atoms with Crippen molar-refractivity contribution in [1.29, 1.82) is 0 Å². The normalized spacial score (nSPS) is 13.3. The predicted octanol–water partition coefficient (Wildman–Crippen LogP) is 14.4. The van der Waals surface area contributed by atoms with E-state index in [1.54, 1.807) is 0 Å². The zero-order chi connectivity index (χ0) is 59.3. The van der Waals surface area contributed by atoms with Crippen molar-refractivity contribution >= 4 is 57.4 Å². The van der Waals surface area contributed by atoms with Gasteiger partial charge in [-0.05, 0) is 35.7 Å². The standard InChI is InChI=1S/C32H12BF24.C18H15NO2S/c34-25(35,36)13-1-14(26(37,38)39)6-21(5-13)33(22-7-15(27(40,41)42)2-16(8-22)28(43,44)45,23-9-17(29(46,47)48)3-18(10-23)30(49,50)51)24-11-19(31(52,53)54)4-20(12-24)32(55,56)57;20-18(21-13-22)17-16-9-5-4-8-15(16)10-11-19(17)12-14-6-2-1-3-7-14/h1-12H;1-11H,12-13H2/q-1;/p+1. The van der Waals surface area contributed by atoms with Gasteiger partial charge in [-0.1, -0.05) is 97.1 Å². The van der Waals surface area contributed by atoms with Gasteiger partial charge in [0, 0.05) is 11.6 Å². The highest BCUT2D eigenvalue weighted by molar-refractivity contribution is 7.80. The maximum atomic E-state index is 14.2. The van der Waals surface area contributed by atoms with Gasteiger partial charge in [0.25, 0.3) is 5.69 Å². The lowest BCUT2D eigenvalue weighted by Crippen LogP contribution is -2.75. The molecule has 0 aliphatic carbocycles. The molecule has 3 nitrogen and oxygen atoms in total. The number of thiol groups is 1. The first-order chi connectivity index (χ1) is 36.1. The Balaban J connectivity index is 0.000000378. The second kappa shape index (κ2) is 21.5. The van der Waals surface area contributed by atoms with Crippen LogP contribution in [0.5, 0.6) is 0 Å². The molecule has 0 fully saturated rings. The molecule has 0 radical (unpaired) electrons. The van der Waals surface area contributed by atoms with Gasteiger partial charge in [-0.15, -0.1) is 12.6 Å². The number of halogens is 24. The molecule has 7 aromatic rings. The van der Waals surface area contributed by atoms with Crippen LogP contribution in [0.2, 0.25) is 0 Å². The van der Waals surface area contributed by atoms with Crippen molar-refractivity contribution in [3.63, 3.8) is 0 Å². The quantitative estimate of drug-likeness (QED) is 0.0410. The van der Waals surface area contributed by atoms with Gasteiger partial charge in [-0.25, -0.2) is 4.79 Å². The molecule has 1 heterocycles. The maximum absolute atomic E-state index is 14.2. The summed E-state index contributed by atoms with van der Waals surface area (Å²) >= 11 is 3.99. The van der Waals surface area contributed by atoms with Gasteiger partial charge in [0.05, 0.1) is 49.9 Å². The fraction of sp³-hybridized carbons (Fsp3) is 0.200. The smallest absolute Gasteiger partial charge is 0.416 e. The number of fused-ring (bicyclic) bond motifs is 1. The number of carbonyl (C=O) groups is 1. The zero-order valence-electron chi connectivity index (χ0n) is 38.6. The summed E-state index contributed by atoms with van der Waals surface area (Å²) in [5.74, 6) is -0.296. The van der Waals surface area contributed by atoms with Crippen molar-refractivity contribution in [2.24, 2.45) is 0 Å². The molecule has 29 heteroatoms. The van der Waals surface area contributed by atoms with E-state index in [-0.39, 0.29) is 11.9 Å². The van der Waals surface area contributed by atoms with Crippen molar-refractivity contribution in [3.8, 4) is 0 Å². The molecule has 0 spiro atoms. The SMILES string of the molecule is FC(F)(F)c1cc([B-](c2cc(C(F)(F)F)cc(C(F)(F)F)c2)(c2cc(C(F)(F)F)cc(C(F)(F)F)c2)c2cc(C(F)(F)F)cc(C(F)(F)F)c2)cc(C(F)(F)F)c1.O=C(OCS)c1c2ccccc2cc[n+]1Cc1ccccc1. The molecule has 0 amide bonds. The highest BCUT2D eigenvalue weighted by atomic mass is 32.1. The van der Waals surface area contributed by atoms with Gasteiger partial charge < -0.3 is 4.74 Å². The van der Waals surface area contributed by atoms with Crippen LogP contribution in [0.25, 0.3) is 10.8 Å². The van der Waals surface area contributed by atoms with E-state index < -0.39 is 195 Å². The second-order valence-corrected chi connectivity index (χ2v) is 17.4. The molecule has 0 N–H and O–H groups in total. The summed E-state index contributed by atoms with van der Waals surface area (Å²) in [6.07, 6.45) is -52.9. The number of rotatable bonds is 8. The van der Waals surface area contributed by atoms with E-state index in [0.29, 0.717) is 12.2 Å². The van der Waals surface area contributed by atoms with Crippen molar-refractivity contribution in [2.45, 2.75) is 56.0 Å². The van der Waals surface area contributed by atoms with Gasteiger partial charge in [0.1, 0.15) is 12.1 Å². The minimum atomic E-state index is -6.13. The van der Waals surface area contributed by atoms with E-state index in [4.69, 9.17) is 4.74 Å². The number of esters is 1. The number of carbonyl (C=O) groups excluding carboxylic acids is 1. The maximum Gasteiger partial charge on any atom is 0.416 e. The third-order valence-electron chi connectivity index (χ3n) is 12.0. The highest BCUT2D eigenvalue weighted by Crippen LogP contribution is 2.41. The van der Waals surface area contributed by atoms with Crippen LogP contribution >= 0.6 is 12.6 Å². The third kappa shape index (κ3) is 13.9. The summed E-state index contributed by atoms with van der Waals surface area (Å²) in [5.41, 5.74) is -28.5. The predicted molar refractivity (Wildman–Crippen MR) is 239 cm³/mol. The molecule has 7 rings (SSSR count). The van der Waals surface area contributed by atoms with E-state index in [2.05, 4.69) is 12.6 Å². The number of nitrogens with zero attached hydrogens (tertiary/aromatic N) is 1. The molecule has 1 aromatic heterocycles. The molecular weight excluding hydrogens is 1150 g/mol. The van der Waals surface area contributed by atoms with Crippen LogP contribution in [0.1, 0.15) is 60.6 Å². The molecule has 6 aromatic carbocycles. The Morgan fingerprint density at radius 3 is 0.949 bits per heavy atom. The molecule has 0 aliphatic heterocycles. The van der Waals surface area contributed by atoms with E-state index in [1.807, 2.05) is 71.4 Å². The van der Waals surface area contributed by atoms with Crippen LogP contribution < -0.4 is 26.4 Å². The summed E-state index contributed by atoms with van der Waals surface area (Å²) in [6.45, 7) is 0.614. The topological polar surface area (TPSA) is 30.2 Å². The second-order valence-electron chi connectivity index (χ2n) is 17.1. The van der Waals surface area contributed by atoms with Gasteiger partial charge in [0.2, 0.25) is 0 Å². The molecule has 0 saturated carbocycles. The zero-order valence-corrected chi connectivity index (χ0v) is 39.4. The van der Waals surface area contributed by atoms with Crippen LogP contribution in [0.15, 0.2) is 140 Å². The molecule has 0 atom stereocenters. The number of ether oxygens (including phenoxy) is 1. The fourth-order valence-electron chi connectivity index (χ4n) is 8.59. The van der Waals surface area contributed by atoms with E-state index in [0.717, 1.165) is 16.3 Å². The molecule has 0 aliphatic rings. The molecule has 0 bridgehead atoms. The Morgan fingerprint density at radius 1 is 0.392 bits per heavy atom. The van der Waals surface area contributed by atoms with Crippen molar-refractivity contribution in [2.75, 3.05) is 5.94 Å². The summed E-state index contributed by atoms with van der Waals surface area (Å²) in [5, 5.41) is 1.89. The molecule has 0 unspecified atom stereocenters. The number of alkyl halides is 24. The number of hydrogen-bond donors (Lipinski definition) is 1. The van der Waals surface area contributed by atoms with Gasteiger partial charge in [0.15, 0.2) is 12.7 Å². The number of aromatic nitrogens is 1. The van der Waals surface area contributed by atoms with Crippen LogP contribution in [0, 0.1) is 0 Å². The molecule has 422 valence electrons. The van der Waals surface area contributed by atoms with Crippen molar-refractivity contribution < 1.29 is 119 Å². The first-order valence-electron chi connectivity index (χ1n) is 21.6. The van der Waals surface area contributed by atoms with Crippen LogP contribution in [0.4, 0.5) is 105 Å². The monoisotopic (exact) mass is 1170 g/mol. The van der Waals surface area contributed by atoms with Crippen molar-refractivity contribution in [1.82, 2.24) is 0 Å². The number of hydrogen-bond acceptors (Lipinski definition) is 3. The Kier molecular flexibility index (Phi) is 16.7. The average molecular weight is 1170 g/mol.